The van der Waals surface area contributed by atoms with E-state index in [9.17, 15) is 4.79 Å². The van der Waals surface area contributed by atoms with Crippen LogP contribution in [0.2, 0.25) is 0 Å². The van der Waals surface area contributed by atoms with Gasteiger partial charge in [0.2, 0.25) is 0 Å². The summed E-state index contributed by atoms with van der Waals surface area (Å²) in [4.78, 5) is 22.8. The zero-order chi connectivity index (χ0) is 21.9. The normalized spacial score (nSPS) is 18.7. The Kier molecular flexibility index (Phi) is 6.34. The standard InChI is InChI=1S/C24H26N4O2S2/c1-16-7-8-19-18(13-16)14-20(31-19)23(29)27-25-15-21-22(17-5-3-2-4-6-17)26-24(32-21)28-9-11-30-12-10-28/h2-6,14-16H,7-13H2,1H3,(H,27,29). The Bertz CT molecular complexity index is 1120. The lowest BCUT2D eigenvalue weighted by Gasteiger charge is -2.26. The van der Waals surface area contributed by atoms with Crippen molar-refractivity contribution < 1.29 is 9.53 Å². The summed E-state index contributed by atoms with van der Waals surface area (Å²) in [7, 11) is 0. The molecule has 1 aromatic carbocycles. The van der Waals surface area contributed by atoms with E-state index in [-0.39, 0.29) is 5.91 Å². The number of carbonyl (C=O) groups is 1. The number of hydrazone groups is 1. The predicted octanol–water partition coefficient (Wildman–Crippen LogP) is 4.60. The number of carbonyl (C=O) groups excluding carboxylic acids is 1. The SMILES string of the molecule is CC1CCc2sc(C(=O)NN=Cc3sc(N4CCOCC4)nc3-c3ccccc3)cc2C1. The van der Waals surface area contributed by atoms with Crippen LogP contribution in [0.3, 0.4) is 0 Å². The van der Waals surface area contributed by atoms with Gasteiger partial charge < -0.3 is 9.64 Å². The molecule has 1 unspecified atom stereocenters. The van der Waals surface area contributed by atoms with E-state index in [4.69, 9.17) is 9.72 Å². The number of fused-ring (bicyclic) bond motifs is 1. The number of benzene rings is 1. The fraction of sp³-hybridized carbons (Fsp3) is 0.375. The second-order valence-corrected chi connectivity index (χ2v) is 10.4. The molecular formula is C24H26N4O2S2. The molecule has 3 heterocycles. The number of amides is 1. The summed E-state index contributed by atoms with van der Waals surface area (Å²) >= 11 is 3.19. The summed E-state index contributed by atoms with van der Waals surface area (Å²) in [6, 6.07) is 12.1. The molecule has 32 heavy (non-hydrogen) atoms. The highest BCUT2D eigenvalue weighted by Gasteiger charge is 2.21. The first-order valence-electron chi connectivity index (χ1n) is 11.0. The van der Waals surface area contributed by atoms with E-state index < -0.39 is 0 Å². The molecule has 1 fully saturated rings. The smallest absolute Gasteiger partial charge is 0.281 e. The quantitative estimate of drug-likeness (QED) is 0.441. The third-order valence-corrected chi connectivity index (χ3v) is 8.16. The summed E-state index contributed by atoms with van der Waals surface area (Å²) in [5, 5.41) is 5.25. The highest BCUT2D eigenvalue weighted by atomic mass is 32.1. The number of rotatable bonds is 5. The molecule has 3 aromatic rings. The molecule has 1 amide bonds. The lowest BCUT2D eigenvalue weighted by molar-refractivity contribution is 0.0959. The van der Waals surface area contributed by atoms with Crippen LogP contribution in [-0.4, -0.2) is 43.4 Å². The molecule has 8 heteroatoms. The minimum atomic E-state index is -0.146. The molecule has 1 saturated heterocycles. The van der Waals surface area contributed by atoms with Crippen molar-refractivity contribution in [2.45, 2.75) is 26.2 Å². The maximum absolute atomic E-state index is 12.7. The number of nitrogens with one attached hydrogen (secondary N) is 1. The van der Waals surface area contributed by atoms with Crippen LogP contribution < -0.4 is 10.3 Å². The molecule has 1 aliphatic heterocycles. The average Bonchev–Trinajstić information content (AvgIpc) is 3.44. The van der Waals surface area contributed by atoms with Crippen molar-refractivity contribution in [3.63, 3.8) is 0 Å². The summed E-state index contributed by atoms with van der Waals surface area (Å²) in [5.41, 5.74) is 5.97. The van der Waals surface area contributed by atoms with Gasteiger partial charge in [0.15, 0.2) is 5.13 Å². The van der Waals surface area contributed by atoms with Gasteiger partial charge in [-0.3, -0.25) is 4.79 Å². The maximum Gasteiger partial charge on any atom is 0.281 e. The average molecular weight is 467 g/mol. The van der Waals surface area contributed by atoms with Crippen molar-refractivity contribution >= 4 is 39.9 Å². The molecule has 2 aliphatic rings. The van der Waals surface area contributed by atoms with E-state index in [0.717, 1.165) is 52.1 Å². The molecular weight excluding hydrogens is 440 g/mol. The Morgan fingerprint density at radius 3 is 2.88 bits per heavy atom. The van der Waals surface area contributed by atoms with E-state index in [1.807, 2.05) is 36.4 Å². The summed E-state index contributed by atoms with van der Waals surface area (Å²) < 4.78 is 5.47. The molecule has 1 atom stereocenters. The fourth-order valence-electron chi connectivity index (χ4n) is 4.12. The monoisotopic (exact) mass is 466 g/mol. The first-order valence-corrected chi connectivity index (χ1v) is 12.6. The number of aromatic nitrogens is 1. The lowest BCUT2D eigenvalue weighted by Crippen LogP contribution is -2.36. The zero-order valence-electron chi connectivity index (χ0n) is 18.0. The van der Waals surface area contributed by atoms with Crippen molar-refractivity contribution in [3.8, 4) is 11.3 Å². The summed E-state index contributed by atoms with van der Waals surface area (Å²) in [6.45, 7) is 5.36. The Morgan fingerprint density at radius 2 is 2.06 bits per heavy atom. The van der Waals surface area contributed by atoms with Crippen molar-refractivity contribution in [3.05, 3.63) is 56.6 Å². The number of thiophene rings is 1. The topological polar surface area (TPSA) is 66.8 Å². The molecule has 2 aromatic heterocycles. The zero-order valence-corrected chi connectivity index (χ0v) is 19.7. The van der Waals surface area contributed by atoms with Gasteiger partial charge in [-0.15, -0.1) is 11.3 Å². The Morgan fingerprint density at radius 1 is 1.25 bits per heavy atom. The molecule has 166 valence electrons. The van der Waals surface area contributed by atoms with Gasteiger partial charge in [-0.2, -0.15) is 5.10 Å². The van der Waals surface area contributed by atoms with Gasteiger partial charge in [-0.25, -0.2) is 10.4 Å². The predicted molar refractivity (Wildman–Crippen MR) is 131 cm³/mol. The van der Waals surface area contributed by atoms with Gasteiger partial charge in [-0.05, 0) is 36.8 Å². The molecule has 0 radical (unpaired) electrons. The van der Waals surface area contributed by atoms with Gasteiger partial charge in [-0.1, -0.05) is 48.6 Å². The van der Waals surface area contributed by atoms with Crippen LogP contribution in [-0.2, 0) is 17.6 Å². The van der Waals surface area contributed by atoms with Crippen LogP contribution in [0.15, 0.2) is 41.5 Å². The number of thiazole rings is 1. The van der Waals surface area contributed by atoms with Gasteiger partial charge in [0, 0.05) is 23.5 Å². The van der Waals surface area contributed by atoms with E-state index in [2.05, 4.69) is 22.4 Å². The largest absolute Gasteiger partial charge is 0.378 e. The third kappa shape index (κ3) is 4.62. The molecule has 0 saturated carbocycles. The Hall–Kier alpha value is -2.55. The van der Waals surface area contributed by atoms with Gasteiger partial charge in [0.05, 0.1) is 34.9 Å². The molecule has 1 aliphatic carbocycles. The maximum atomic E-state index is 12.7. The minimum Gasteiger partial charge on any atom is -0.378 e. The van der Waals surface area contributed by atoms with Crippen molar-refractivity contribution in [2.75, 3.05) is 31.2 Å². The van der Waals surface area contributed by atoms with Crippen molar-refractivity contribution in [1.29, 1.82) is 0 Å². The molecule has 1 N–H and O–H groups in total. The number of ether oxygens (including phenoxy) is 1. The lowest BCUT2D eigenvalue weighted by atomic mass is 9.90. The van der Waals surface area contributed by atoms with Crippen LogP contribution in [0.4, 0.5) is 5.13 Å². The van der Waals surface area contributed by atoms with Crippen LogP contribution in [0, 0.1) is 5.92 Å². The van der Waals surface area contributed by atoms with Gasteiger partial charge in [0.25, 0.3) is 5.91 Å². The second-order valence-electron chi connectivity index (χ2n) is 8.28. The summed E-state index contributed by atoms with van der Waals surface area (Å²) in [5.74, 6) is 0.543. The first-order chi connectivity index (χ1) is 15.7. The summed E-state index contributed by atoms with van der Waals surface area (Å²) in [6.07, 6.45) is 5.06. The number of anilines is 1. The van der Waals surface area contributed by atoms with Crippen LogP contribution in [0.1, 0.15) is 38.3 Å². The Balaban J connectivity index is 1.34. The number of morpholine rings is 1. The third-order valence-electron chi connectivity index (χ3n) is 5.87. The van der Waals surface area contributed by atoms with Gasteiger partial charge >= 0.3 is 0 Å². The minimum absolute atomic E-state index is 0.146. The Labute approximate surface area is 195 Å². The van der Waals surface area contributed by atoms with E-state index >= 15 is 0 Å². The van der Waals surface area contributed by atoms with Crippen molar-refractivity contribution in [2.24, 2.45) is 11.0 Å². The molecule has 5 rings (SSSR count). The molecule has 0 spiro atoms. The number of hydrogen-bond acceptors (Lipinski definition) is 7. The fourth-order valence-corrected chi connectivity index (χ4v) is 6.23. The van der Waals surface area contributed by atoms with Crippen LogP contribution in [0.5, 0.6) is 0 Å². The number of aryl methyl sites for hydroxylation is 1. The highest BCUT2D eigenvalue weighted by molar-refractivity contribution is 7.17. The van der Waals surface area contributed by atoms with E-state index in [1.54, 1.807) is 28.9 Å². The van der Waals surface area contributed by atoms with E-state index in [0.29, 0.717) is 19.1 Å². The second kappa shape index (κ2) is 9.52. The first kappa shape index (κ1) is 21.3. The highest BCUT2D eigenvalue weighted by Crippen LogP contribution is 2.33. The molecule has 6 nitrogen and oxygen atoms in total. The van der Waals surface area contributed by atoms with Gasteiger partial charge in [0.1, 0.15) is 0 Å². The van der Waals surface area contributed by atoms with Crippen LogP contribution >= 0.6 is 22.7 Å². The number of nitrogens with zero attached hydrogens (tertiary/aromatic N) is 3. The molecule has 0 bridgehead atoms. The van der Waals surface area contributed by atoms with Crippen LogP contribution in [0.25, 0.3) is 11.3 Å². The van der Waals surface area contributed by atoms with E-state index in [1.165, 1.54) is 16.9 Å². The van der Waals surface area contributed by atoms with Crippen molar-refractivity contribution in [1.82, 2.24) is 10.4 Å². The number of hydrogen-bond donors (Lipinski definition) is 1.